The Morgan fingerprint density at radius 1 is 0.941 bits per heavy atom. The number of carbonyl (C=O) groups excluding carboxylic acids is 2. The maximum absolute atomic E-state index is 12.7. The number of hydrogen-bond acceptors (Lipinski definition) is 6. The van der Waals surface area contributed by atoms with Crippen LogP contribution in [-0.2, 0) is 16.6 Å². The summed E-state index contributed by atoms with van der Waals surface area (Å²) in [6, 6.07) is 17.0. The monoisotopic (exact) mass is 515 g/mol. The van der Waals surface area contributed by atoms with E-state index in [0.29, 0.717) is 22.0 Å². The normalized spacial score (nSPS) is 11.2. The van der Waals surface area contributed by atoms with Crippen LogP contribution in [-0.4, -0.2) is 20.2 Å². The van der Waals surface area contributed by atoms with Crippen LogP contribution in [0, 0.1) is 0 Å². The molecule has 34 heavy (non-hydrogen) atoms. The molecule has 0 atom stereocenters. The Morgan fingerprint density at radius 3 is 2.41 bits per heavy atom. The molecule has 4 aromatic rings. The number of carbonyl (C=O) groups is 2. The van der Waals surface area contributed by atoms with Gasteiger partial charge in [-0.2, -0.15) is 0 Å². The second-order valence-corrected chi connectivity index (χ2v) is 10.1. The second-order valence-electron chi connectivity index (χ2n) is 7.01. The molecule has 0 fully saturated rings. The van der Waals surface area contributed by atoms with Crippen molar-refractivity contribution in [1.82, 2.24) is 4.72 Å². The number of furan rings is 1. The van der Waals surface area contributed by atoms with Gasteiger partial charge in [0.15, 0.2) is 0 Å². The number of anilines is 2. The van der Waals surface area contributed by atoms with E-state index in [9.17, 15) is 18.0 Å². The lowest BCUT2D eigenvalue weighted by atomic mass is 10.1. The van der Waals surface area contributed by atoms with Crippen molar-refractivity contribution in [3.8, 4) is 0 Å². The number of amides is 2. The summed E-state index contributed by atoms with van der Waals surface area (Å²) in [6.45, 7) is 0.0236. The molecule has 174 valence electrons. The van der Waals surface area contributed by atoms with E-state index in [-0.39, 0.29) is 27.9 Å². The van der Waals surface area contributed by atoms with Crippen LogP contribution in [0.1, 0.15) is 25.8 Å². The van der Waals surface area contributed by atoms with Crippen LogP contribution in [0.4, 0.5) is 11.4 Å². The number of hydrogen-bond donors (Lipinski definition) is 3. The number of thiophene rings is 1. The smallest absolute Gasteiger partial charge is 0.265 e. The van der Waals surface area contributed by atoms with Crippen molar-refractivity contribution in [3.05, 3.63) is 99.6 Å². The average Bonchev–Trinajstić information content (AvgIpc) is 3.54. The molecule has 0 saturated carbocycles. The van der Waals surface area contributed by atoms with Crippen molar-refractivity contribution in [2.45, 2.75) is 11.4 Å². The maximum Gasteiger partial charge on any atom is 0.265 e. The summed E-state index contributed by atoms with van der Waals surface area (Å²) >= 11 is 7.46. The zero-order valence-corrected chi connectivity index (χ0v) is 19.8. The van der Waals surface area contributed by atoms with E-state index in [0.717, 1.165) is 0 Å². The van der Waals surface area contributed by atoms with Crippen LogP contribution < -0.4 is 15.4 Å². The lowest BCUT2D eigenvalue weighted by molar-refractivity contribution is 0.101. The number of nitrogens with one attached hydrogen (secondary N) is 3. The minimum atomic E-state index is -3.75. The van der Waals surface area contributed by atoms with Crippen molar-refractivity contribution < 1.29 is 22.4 Å². The van der Waals surface area contributed by atoms with Gasteiger partial charge in [-0.05, 0) is 66.0 Å². The highest BCUT2D eigenvalue weighted by atomic mass is 35.5. The number of sulfonamides is 1. The standard InChI is InChI=1S/C23H18ClN3O5S2/c24-19-10-5-15(13-20(19)27-23(29)21-4-2-12-33-21)22(28)26-16-6-8-18(9-7-16)34(30,31)25-14-17-3-1-11-32-17/h1-13,25H,14H2,(H,26,28)(H,27,29). The number of rotatable bonds is 8. The SMILES string of the molecule is O=C(Nc1ccc(S(=O)(=O)NCc2ccco2)cc1)c1ccc(Cl)c(NC(=O)c2cccs2)c1. The molecule has 0 aliphatic rings. The molecule has 0 spiro atoms. The van der Waals surface area contributed by atoms with Gasteiger partial charge < -0.3 is 15.1 Å². The summed E-state index contributed by atoms with van der Waals surface area (Å²) in [4.78, 5) is 25.6. The van der Waals surface area contributed by atoms with E-state index in [1.54, 1.807) is 29.6 Å². The molecule has 2 heterocycles. The lowest BCUT2D eigenvalue weighted by Gasteiger charge is -2.10. The first-order valence-corrected chi connectivity index (χ1v) is 12.6. The van der Waals surface area contributed by atoms with Gasteiger partial charge in [0.05, 0.1) is 33.3 Å². The van der Waals surface area contributed by atoms with E-state index in [4.69, 9.17) is 16.0 Å². The first kappa shape index (κ1) is 23.7. The van der Waals surface area contributed by atoms with E-state index in [2.05, 4.69) is 15.4 Å². The Kier molecular flexibility index (Phi) is 7.13. The zero-order chi connectivity index (χ0) is 24.1. The summed E-state index contributed by atoms with van der Waals surface area (Å²) in [5, 5.41) is 7.47. The molecule has 2 amide bonds. The van der Waals surface area contributed by atoms with E-state index < -0.39 is 15.9 Å². The average molecular weight is 516 g/mol. The van der Waals surface area contributed by atoms with Crippen LogP contribution in [0.2, 0.25) is 5.02 Å². The molecule has 2 aromatic heterocycles. The molecule has 0 bridgehead atoms. The Balaban J connectivity index is 1.42. The predicted molar refractivity (Wildman–Crippen MR) is 131 cm³/mol. The first-order chi connectivity index (χ1) is 16.3. The van der Waals surface area contributed by atoms with Gasteiger partial charge in [-0.3, -0.25) is 9.59 Å². The highest BCUT2D eigenvalue weighted by Crippen LogP contribution is 2.25. The third kappa shape index (κ3) is 5.72. The largest absolute Gasteiger partial charge is 0.468 e. The summed E-state index contributed by atoms with van der Waals surface area (Å²) in [6.07, 6.45) is 1.46. The van der Waals surface area contributed by atoms with Gasteiger partial charge in [0.2, 0.25) is 10.0 Å². The molecule has 0 unspecified atom stereocenters. The highest BCUT2D eigenvalue weighted by Gasteiger charge is 2.16. The van der Waals surface area contributed by atoms with Gasteiger partial charge in [0.1, 0.15) is 5.76 Å². The van der Waals surface area contributed by atoms with Crippen LogP contribution in [0.25, 0.3) is 0 Å². The van der Waals surface area contributed by atoms with Gasteiger partial charge in [0, 0.05) is 11.3 Å². The van der Waals surface area contributed by atoms with Crippen LogP contribution in [0.5, 0.6) is 0 Å². The summed E-state index contributed by atoms with van der Waals surface area (Å²) in [5.74, 6) is -0.289. The second kappa shape index (κ2) is 10.2. The number of halogens is 1. The Labute approximate surface area is 204 Å². The van der Waals surface area contributed by atoms with Crippen molar-refractivity contribution in [2.75, 3.05) is 10.6 Å². The van der Waals surface area contributed by atoms with Crippen molar-refractivity contribution in [1.29, 1.82) is 0 Å². The summed E-state index contributed by atoms with van der Waals surface area (Å²) in [7, 11) is -3.75. The van der Waals surface area contributed by atoms with Crippen LogP contribution >= 0.6 is 22.9 Å². The molecule has 11 heteroatoms. The first-order valence-electron chi connectivity index (χ1n) is 9.90. The third-order valence-corrected chi connectivity index (χ3v) is 7.28. The molecule has 3 N–H and O–H groups in total. The van der Waals surface area contributed by atoms with E-state index >= 15 is 0 Å². The molecule has 8 nitrogen and oxygen atoms in total. The van der Waals surface area contributed by atoms with Gasteiger partial charge in [-0.25, -0.2) is 13.1 Å². The van der Waals surface area contributed by atoms with Gasteiger partial charge in [-0.15, -0.1) is 11.3 Å². The number of benzene rings is 2. The predicted octanol–water partition coefficient (Wildman–Crippen LogP) is 4.98. The fraction of sp³-hybridized carbons (Fsp3) is 0.0435. The highest BCUT2D eigenvalue weighted by molar-refractivity contribution is 7.89. The molecule has 0 aliphatic heterocycles. The quantitative estimate of drug-likeness (QED) is 0.306. The Bertz CT molecular complexity index is 1400. The Hall–Kier alpha value is -3.44. The Morgan fingerprint density at radius 2 is 1.74 bits per heavy atom. The van der Waals surface area contributed by atoms with Gasteiger partial charge in [-0.1, -0.05) is 17.7 Å². The lowest BCUT2D eigenvalue weighted by Crippen LogP contribution is -2.23. The molecule has 0 radical (unpaired) electrons. The molecular formula is C23H18ClN3O5S2. The van der Waals surface area contributed by atoms with Crippen molar-refractivity contribution >= 4 is 56.2 Å². The van der Waals surface area contributed by atoms with Gasteiger partial charge in [0.25, 0.3) is 11.8 Å². The van der Waals surface area contributed by atoms with Crippen LogP contribution in [0.3, 0.4) is 0 Å². The van der Waals surface area contributed by atoms with Crippen molar-refractivity contribution in [2.24, 2.45) is 0 Å². The van der Waals surface area contributed by atoms with Gasteiger partial charge >= 0.3 is 0 Å². The minimum absolute atomic E-state index is 0.0236. The molecule has 2 aromatic carbocycles. The molecule has 0 saturated heterocycles. The summed E-state index contributed by atoms with van der Waals surface area (Å²) in [5.41, 5.74) is 0.966. The van der Waals surface area contributed by atoms with Crippen LogP contribution in [0.15, 0.2) is 87.7 Å². The maximum atomic E-state index is 12.7. The molecular weight excluding hydrogens is 498 g/mol. The van der Waals surface area contributed by atoms with E-state index in [1.165, 1.54) is 60.1 Å². The zero-order valence-electron chi connectivity index (χ0n) is 17.4. The molecule has 4 rings (SSSR count). The van der Waals surface area contributed by atoms with E-state index in [1.807, 2.05) is 0 Å². The minimum Gasteiger partial charge on any atom is -0.468 e. The van der Waals surface area contributed by atoms with Crippen molar-refractivity contribution in [3.63, 3.8) is 0 Å². The fourth-order valence-corrected chi connectivity index (χ4v) is 4.71. The fourth-order valence-electron chi connectivity index (χ4n) is 2.94. The topological polar surface area (TPSA) is 118 Å². The summed E-state index contributed by atoms with van der Waals surface area (Å²) < 4.78 is 32.4. The third-order valence-electron chi connectivity index (χ3n) is 4.66. The molecule has 0 aliphatic carbocycles.